The molecule has 0 saturated heterocycles. The fourth-order valence-corrected chi connectivity index (χ4v) is 2.55. The average Bonchev–Trinajstić information content (AvgIpc) is 2.47. The summed E-state index contributed by atoms with van der Waals surface area (Å²) in [6.07, 6.45) is 4.73. The molecular weight excluding hydrogens is 262 g/mol. The maximum atomic E-state index is 6.01. The predicted octanol–water partition coefficient (Wildman–Crippen LogP) is 3.98. The van der Waals surface area contributed by atoms with E-state index in [4.69, 9.17) is 15.5 Å². The number of anilines is 1. The van der Waals surface area contributed by atoms with Crippen molar-refractivity contribution in [3.63, 3.8) is 0 Å². The van der Waals surface area contributed by atoms with Gasteiger partial charge in [-0.05, 0) is 38.0 Å². The highest BCUT2D eigenvalue weighted by Gasteiger charge is 2.25. The molecule has 1 aliphatic rings. The third-order valence-electron chi connectivity index (χ3n) is 3.77. The lowest BCUT2D eigenvalue weighted by atomic mass is 10.2. The van der Waals surface area contributed by atoms with Crippen LogP contribution in [0.5, 0.6) is 5.75 Å². The van der Waals surface area contributed by atoms with Gasteiger partial charge in [-0.1, -0.05) is 26.7 Å². The van der Waals surface area contributed by atoms with Gasteiger partial charge in [0.2, 0.25) is 0 Å². The van der Waals surface area contributed by atoms with Crippen molar-refractivity contribution in [3.05, 3.63) is 18.2 Å². The summed E-state index contributed by atoms with van der Waals surface area (Å²) >= 11 is 0. The van der Waals surface area contributed by atoms with Crippen LogP contribution in [0.4, 0.5) is 11.4 Å². The molecule has 0 saturated carbocycles. The number of unbranched alkanes of at least 4 members (excludes halogenated alkanes) is 2. The van der Waals surface area contributed by atoms with E-state index in [1.807, 2.05) is 18.2 Å². The molecule has 4 nitrogen and oxygen atoms in total. The largest absolute Gasteiger partial charge is 0.481 e. The second-order valence-electron chi connectivity index (χ2n) is 5.65. The van der Waals surface area contributed by atoms with Gasteiger partial charge < -0.3 is 15.4 Å². The van der Waals surface area contributed by atoms with Crippen LogP contribution in [0.15, 0.2) is 23.2 Å². The van der Waals surface area contributed by atoms with E-state index in [0.717, 1.165) is 36.0 Å². The number of fused-ring (bicyclic) bond motifs is 1. The molecule has 0 bridgehead atoms. The van der Waals surface area contributed by atoms with Crippen molar-refractivity contribution in [2.24, 2.45) is 4.99 Å². The minimum Gasteiger partial charge on any atom is -0.481 e. The van der Waals surface area contributed by atoms with Gasteiger partial charge in [-0.25, -0.2) is 4.99 Å². The number of nitrogens with zero attached hydrogens (tertiary/aromatic N) is 2. The van der Waals surface area contributed by atoms with Gasteiger partial charge in [-0.15, -0.1) is 0 Å². The van der Waals surface area contributed by atoms with Crippen molar-refractivity contribution < 1.29 is 4.74 Å². The standard InChI is InChI=1S/C17H27N3O/c1-4-6-10-20(11-7-5-2)17-13(3)21-16-9-8-14(18)12-15(16)19-17/h8-9,12-13H,4-7,10-11,18H2,1-3H3. The van der Waals surface area contributed by atoms with Crippen LogP contribution in [0.1, 0.15) is 46.5 Å². The highest BCUT2D eigenvalue weighted by atomic mass is 16.5. The van der Waals surface area contributed by atoms with Crippen molar-refractivity contribution in [1.82, 2.24) is 4.90 Å². The van der Waals surface area contributed by atoms with Gasteiger partial charge in [0.25, 0.3) is 0 Å². The van der Waals surface area contributed by atoms with Gasteiger partial charge in [-0.2, -0.15) is 0 Å². The summed E-state index contributed by atoms with van der Waals surface area (Å²) in [5, 5.41) is 0. The van der Waals surface area contributed by atoms with Crippen LogP contribution in [0.2, 0.25) is 0 Å². The molecule has 0 spiro atoms. The molecule has 1 aromatic rings. The number of hydrogen-bond donors (Lipinski definition) is 1. The first kappa shape index (κ1) is 15.7. The van der Waals surface area contributed by atoms with Crippen molar-refractivity contribution >= 4 is 17.2 Å². The zero-order valence-corrected chi connectivity index (χ0v) is 13.4. The molecule has 1 aliphatic heterocycles. The lowest BCUT2D eigenvalue weighted by Gasteiger charge is -2.32. The minimum atomic E-state index is -0.00478. The Morgan fingerprint density at radius 2 is 1.86 bits per heavy atom. The lowest BCUT2D eigenvalue weighted by Crippen LogP contribution is -2.42. The van der Waals surface area contributed by atoms with E-state index in [-0.39, 0.29) is 6.10 Å². The van der Waals surface area contributed by atoms with E-state index in [1.165, 1.54) is 25.7 Å². The monoisotopic (exact) mass is 289 g/mol. The number of nitrogen functional groups attached to an aromatic ring is 1. The zero-order chi connectivity index (χ0) is 15.2. The van der Waals surface area contributed by atoms with E-state index < -0.39 is 0 Å². The third-order valence-corrected chi connectivity index (χ3v) is 3.77. The van der Waals surface area contributed by atoms with Crippen molar-refractivity contribution in [1.29, 1.82) is 0 Å². The molecule has 1 aromatic carbocycles. The van der Waals surface area contributed by atoms with Gasteiger partial charge in [0.1, 0.15) is 17.3 Å². The molecule has 0 amide bonds. The van der Waals surface area contributed by atoms with Crippen LogP contribution in [-0.4, -0.2) is 29.9 Å². The Bertz CT molecular complexity index is 491. The molecule has 4 heteroatoms. The van der Waals surface area contributed by atoms with Gasteiger partial charge in [0.05, 0.1) is 0 Å². The SMILES string of the molecule is CCCCN(CCCC)C1=Nc2cc(N)ccc2OC1C. The van der Waals surface area contributed by atoms with Crippen molar-refractivity contribution in [2.45, 2.75) is 52.6 Å². The molecule has 0 fully saturated rings. The Balaban J connectivity index is 2.25. The summed E-state index contributed by atoms with van der Waals surface area (Å²) in [4.78, 5) is 7.21. The molecule has 2 rings (SSSR count). The quantitative estimate of drug-likeness (QED) is 0.806. The first-order chi connectivity index (χ1) is 10.2. The molecule has 0 aromatic heterocycles. The molecular formula is C17H27N3O. The first-order valence-corrected chi connectivity index (χ1v) is 8.05. The molecule has 21 heavy (non-hydrogen) atoms. The summed E-state index contributed by atoms with van der Waals surface area (Å²) < 4.78 is 6.01. The van der Waals surface area contributed by atoms with Crippen LogP contribution in [0.3, 0.4) is 0 Å². The fraction of sp³-hybridized carbons (Fsp3) is 0.588. The Labute approximate surface area is 128 Å². The van der Waals surface area contributed by atoms with Crippen LogP contribution < -0.4 is 10.5 Å². The number of ether oxygens (including phenoxy) is 1. The average molecular weight is 289 g/mol. The number of hydrogen-bond acceptors (Lipinski definition) is 4. The number of amidine groups is 1. The number of benzene rings is 1. The van der Waals surface area contributed by atoms with E-state index in [2.05, 4.69) is 25.7 Å². The smallest absolute Gasteiger partial charge is 0.153 e. The highest BCUT2D eigenvalue weighted by molar-refractivity contribution is 5.91. The van der Waals surface area contributed by atoms with E-state index in [9.17, 15) is 0 Å². The predicted molar refractivity (Wildman–Crippen MR) is 89.4 cm³/mol. The molecule has 1 unspecified atom stereocenters. The normalized spacial score (nSPS) is 16.9. The molecule has 0 aliphatic carbocycles. The lowest BCUT2D eigenvalue weighted by molar-refractivity contribution is 0.251. The topological polar surface area (TPSA) is 50.8 Å². The molecule has 2 N–H and O–H groups in total. The Morgan fingerprint density at radius 1 is 1.19 bits per heavy atom. The van der Waals surface area contributed by atoms with Crippen LogP contribution in [-0.2, 0) is 0 Å². The van der Waals surface area contributed by atoms with Gasteiger partial charge in [0, 0.05) is 18.8 Å². The van der Waals surface area contributed by atoms with E-state index in [1.54, 1.807) is 0 Å². The Kier molecular flexibility index (Phi) is 5.48. The molecule has 1 atom stereocenters. The number of nitrogens with two attached hydrogens (primary N) is 1. The number of aliphatic imine (C=N–C) groups is 1. The summed E-state index contributed by atoms with van der Waals surface area (Å²) in [7, 11) is 0. The second kappa shape index (κ2) is 7.34. The van der Waals surface area contributed by atoms with Crippen molar-refractivity contribution in [2.75, 3.05) is 18.8 Å². The fourth-order valence-electron chi connectivity index (χ4n) is 2.55. The third kappa shape index (κ3) is 3.90. The maximum Gasteiger partial charge on any atom is 0.153 e. The summed E-state index contributed by atoms with van der Waals surface area (Å²) in [5.74, 6) is 1.86. The minimum absolute atomic E-state index is 0.00478. The molecule has 116 valence electrons. The highest BCUT2D eigenvalue weighted by Crippen LogP contribution is 2.34. The van der Waals surface area contributed by atoms with Crippen LogP contribution in [0.25, 0.3) is 0 Å². The Morgan fingerprint density at radius 3 is 2.48 bits per heavy atom. The summed E-state index contributed by atoms with van der Waals surface area (Å²) in [6.45, 7) is 8.59. The second-order valence-corrected chi connectivity index (χ2v) is 5.65. The van der Waals surface area contributed by atoms with Crippen LogP contribution in [0, 0.1) is 0 Å². The van der Waals surface area contributed by atoms with Gasteiger partial charge >= 0.3 is 0 Å². The van der Waals surface area contributed by atoms with Crippen LogP contribution >= 0.6 is 0 Å². The Hall–Kier alpha value is -1.71. The maximum absolute atomic E-state index is 6.01. The van der Waals surface area contributed by atoms with E-state index in [0.29, 0.717) is 0 Å². The first-order valence-electron chi connectivity index (χ1n) is 8.05. The van der Waals surface area contributed by atoms with Crippen molar-refractivity contribution in [3.8, 4) is 5.75 Å². The van der Waals surface area contributed by atoms with Gasteiger partial charge in [-0.3, -0.25) is 0 Å². The zero-order valence-electron chi connectivity index (χ0n) is 13.4. The van der Waals surface area contributed by atoms with Gasteiger partial charge in [0.15, 0.2) is 6.10 Å². The van der Waals surface area contributed by atoms with E-state index >= 15 is 0 Å². The summed E-state index contributed by atoms with van der Waals surface area (Å²) in [5.41, 5.74) is 7.43. The summed E-state index contributed by atoms with van der Waals surface area (Å²) in [6, 6.07) is 5.65. The molecule has 0 radical (unpaired) electrons. The molecule has 1 heterocycles. The number of rotatable bonds is 6.